The van der Waals surface area contributed by atoms with Gasteiger partial charge in [0.25, 0.3) is 5.91 Å². The normalized spacial score (nSPS) is 14.8. The number of nitrogens with one attached hydrogen (secondary N) is 2. The zero-order chi connectivity index (χ0) is 12.3. The highest BCUT2D eigenvalue weighted by molar-refractivity contribution is 7.14. The van der Waals surface area contributed by atoms with Gasteiger partial charge in [0.15, 0.2) is 0 Å². The number of hydrogen-bond acceptors (Lipinski definition) is 3. The maximum atomic E-state index is 11.9. The van der Waals surface area contributed by atoms with E-state index < -0.39 is 0 Å². The predicted octanol–water partition coefficient (Wildman–Crippen LogP) is 2.38. The quantitative estimate of drug-likeness (QED) is 0.873. The van der Waals surface area contributed by atoms with Crippen molar-refractivity contribution in [1.29, 1.82) is 0 Å². The van der Waals surface area contributed by atoms with Crippen LogP contribution in [0.3, 0.4) is 0 Å². The molecule has 1 aliphatic heterocycles. The van der Waals surface area contributed by atoms with Crippen molar-refractivity contribution in [3.63, 3.8) is 0 Å². The fourth-order valence-corrected chi connectivity index (χ4v) is 2.95. The molecule has 102 valence electrons. The summed E-state index contributed by atoms with van der Waals surface area (Å²) in [4.78, 5) is 14.1. The first kappa shape index (κ1) is 15.5. The van der Waals surface area contributed by atoms with Crippen molar-refractivity contribution in [3.05, 3.63) is 21.4 Å². The van der Waals surface area contributed by atoms with Crippen molar-refractivity contribution in [2.24, 2.45) is 5.92 Å². The third-order valence-electron chi connectivity index (χ3n) is 3.18. The summed E-state index contributed by atoms with van der Waals surface area (Å²) in [5.74, 6) is 0.711. The van der Waals surface area contributed by atoms with Crippen molar-refractivity contribution in [2.45, 2.75) is 26.7 Å². The van der Waals surface area contributed by atoms with Gasteiger partial charge in [-0.25, -0.2) is 0 Å². The van der Waals surface area contributed by atoms with Crippen LogP contribution in [0.4, 0.5) is 0 Å². The molecule has 1 aromatic rings. The summed E-state index contributed by atoms with van der Waals surface area (Å²) in [6.07, 6.45) is 2.20. The Labute approximate surface area is 119 Å². The average molecular weight is 289 g/mol. The topological polar surface area (TPSA) is 41.1 Å². The van der Waals surface area contributed by atoms with Crippen LogP contribution in [-0.2, 0) is 6.42 Å². The molecule has 0 bridgehead atoms. The highest BCUT2D eigenvalue weighted by atomic mass is 35.5. The molecule has 1 saturated heterocycles. The molecule has 5 heteroatoms. The highest BCUT2D eigenvalue weighted by Gasteiger charge is 2.18. The van der Waals surface area contributed by atoms with E-state index in [1.807, 2.05) is 0 Å². The smallest absolute Gasteiger partial charge is 0.261 e. The zero-order valence-electron chi connectivity index (χ0n) is 10.9. The molecule has 1 aliphatic rings. The maximum Gasteiger partial charge on any atom is 0.261 e. The first-order valence-electron chi connectivity index (χ1n) is 6.29. The summed E-state index contributed by atoms with van der Waals surface area (Å²) in [5.41, 5.74) is 1.33. The van der Waals surface area contributed by atoms with Gasteiger partial charge in [0.2, 0.25) is 0 Å². The first-order chi connectivity index (χ1) is 8.20. The van der Waals surface area contributed by atoms with Crippen LogP contribution in [0.2, 0.25) is 0 Å². The summed E-state index contributed by atoms with van der Waals surface area (Å²) in [7, 11) is 0. The summed E-state index contributed by atoms with van der Waals surface area (Å²) in [6.45, 7) is 7.13. The van der Waals surface area contributed by atoms with Gasteiger partial charge in [0.1, 0.15) is 0 Å². The molecule has 0 spiro atoms. The van der Waals surface area contributed by atoms with Gasteiger partial charge in [-0.15, -0.1) is 23.7 Å². The summed E-state index contributed by atoms with van der Waals surface area (Å²) >= 11 is 1.61. The van der Waals surface area contributed by atoms with Crippen molar-refractivity contribution >= 4 is 29.7 Å². The lowest BCUT2D eigenvalue weighted by atomic mass is 10.0. The minimum Gasteiger partial charge on any atom is -0.351 e. The third-order valence-corrected chi connectivity index (χ3v) is 4.27. The molecule has 2 heterocycles. The van der Waals surface area contributed by atoms with Crippen molar-refractivity contribution in [1.82, 2.24) is 10.6 Å². The molecule has 3 nitrogen and oxygen atoms in total. The van der Waals surface area contributed by atoms with E-state index in [2.05, 4.69) is 30.5 Å². The van der Waals surface area contributed by atoms with Crippen LogP contribution in [-0.4, -0.2) is 25.5 Å². The van der Waals surface area contributed by atoms with Crippen LogP contribution in [0.25, 0.3) is 0 Å². The molecule has 1 fully saturated rings. The number of rotatable bonds is 5. The Kier molecular flexibility index (Phi) is 6.12. The predicted molar refractivity (Wildman–Crippen MR) is 79.0 cm³/mol. The second-order valence-electron chi connectivity index (χ2n) is 4.68. The molecule has 18 heavy (non-hydrogen) atoms. The molecule has 2 N–H and O–H groups in total. The van der Waals surface area contributed by atoms with Crippen LogP contribution in [0.1, 0.15) is 33.5 Å². The monoisotopic (exact) mass is 288 g/mol. The van der Waals surface area contributed by atoms with E-state index in [9.17, 15) is 4.79 Å². The average Bonchev–Trinajstić information content (AvgIpc) is 2.59. The maximum absolute atomic E-state index is 11.9. The Morgan fingerprint density at radius 1 is 1.56 bits per heavy atom. The second-order valence-corrected chi connectivity index (χ2v) is 5.93. The summed E-state index contributed by atoms with van der Waals surface area (Å²) < 4.78 is 0. The minimum atomic E-state index is 0. The van der Waals surface area contributed by atoms with Gasteiger partial charge in [0.05, 0.1) is 4.88 Å². The molecule has 0 radical (unpaired) electrons. The fourth-order valence-electron chi connectivity index (χ4n) is 1.97. The number of hydrogen-bond donors (Lipinski definition) is 2. The van der Waals surface area contributed by atoms with E-state index in [4.69, 9.17) is 0 Å². The van der Waals surface area contributed by atoms with Crippen LogP contribution in [0.5, 0.6) is 0 Å². The summed E-state index contributed by atoms with van der Waals surface area (Å²) in [6, 6.07) is 2.05. The van der Waals surface area contributed by atoms with Gasteiger partial charge in [-0.1, -0.05) is 13.3 Å². The molecule has 0 aromatic carbocycles. The van der Waals surface area contributed by atoms with Crippen molar-refractivity contribution in [2.75, 3.05) is 19.6 Å². The van der Waals surface area contributed by atoms with Gasteiger partial charge in [-0.05, 0) is 25.0 Å². The molecule has 2 rings (SSSR count). The summed E-state index contributed by atoms with van der Waals surface area (Å²) in [5, 5.41) is 6.22. The van der Waals surface area contributed by atoms with Crippen LogP contribution < -0.4 is 10.6 Å². The lowest BCUT2D eigenvalue weighted by Crippen LogP contribution is -2.48. The Morgan fingerprint density at radius 2 is 2.28 bits per heavy atom. The van der Waals surface area contributed by atoms with Crippen LogP contribution >= 0.6 is 23.7 Å². The molecular weight excluding hydrogens is 268 g/mol. The largest absolute Gasteiger partial charge is 0.351 e. The molecule has 1 amide bonds. The third kappa shape index (κ3) is 3.70. The van der Waals surface area contributed by atoms with Crippen LogP contribution in [0.15, 0.2) is 6.07 Å². The van der Waals surface area contributed by atoms with Crippen LogP contribution in [0, 0.1) is 12.8 Å². The SMILES string of the molecule is CCCc1cc(C(=O)NCC2CNC2)sc1C.Cl. The van der Waals surface area contributed by atoms with Crippen molar-refractivity contribution in [3.8, 4) is 0 Å². The van der Waals surface area contributed by atoms with E-state index >= 15 is 0 Å². The van der Waals surface area contributed by atoms with Gasteiger partial charge < -0.3 is 10.6 Å². The van der Waals surface area contributed by atoms with E-state index in [1.54, 1.807) is 11.3 Å². The molecule has 0 unspecified atom stereocenters. The van der Waals surface area contributed by atoms with E-state index in [-0.39, 0.29) is 18.3 Å². The van der Waals surface area contributed by atoms with Gasteiger partial charge in [-0.2, -0.15) is 0 Å². The Bertz CT molecular complexity index is 402. The Morgan fingerprint density at radius 3 is 2.83 bits per heavy atom. The highest BCUT2D eigenvalue weighted by Crippen LogP contribution is 2.22. The number of halogens is 1. The minimum absolute atomic E-state index is 0. The molecule has 0 aliphatic carbocycles. The van der Waals surface area contributed by atoms with Gasteiger partial charge >= 0.3 is 0 Å². The van der Waals surface area contributed by atoms with Gasteiger partial charge in [-0.3, -0.25) is 4.79 Å². The standard InChI is InChI=1S/C13H20N2OS.ClH/c1-3-4-11-5-12(17-9(11)2)13(16)15-8-10-6-14-7-10;/h5,10,14H,3-4,6-8H2,1-2H3,(H,15,16);1H. The number of aryl methyl sites for hydroxylation is 2. The second kappa shape index (κ2) is 7.12. The number of carbonyl (C=O) groups is 1. The Hall–Kier alpha value is -0.580. The Balaban J connectivity index is 0.00000162. The zero-order valence-corrected chi connectivity index (χ0v) is 12.5. The first-order valence-corrected chi connectivity index (χ1v) is 7.10. The van der Waals surface area contributed by atoms with E-state index in [0.29, 0.717) is 5.92 Å². The molecule has 0 atom stereocenters. The van der Waals surface area contributed by atoms with Crippen molar-refractivity contribution < 1.29 is 4.79 Å². The molecule has 0 saturated carbocycles. The number of thiophene rings is 1. The molecular formula is C13H21ClN2OS. The fraction of sp³-hybridized carbons (Fsp3) is 0.615. The van der Waals surface area contributed by atoms with E-state index in [0.717, 1.165) is 37.4 Å². The lowest BCUT2D eigenvalue weighted by molar-refractivity contribution is 0.0946. The van der Waals surface area contributed by atoms with E-state index in [1.165, 1.54) is 10.4 Å². The lowest BCUT2D eigenvalue weighted by Gasteiger charge is -2.26. The van der Waals surface area contributed by atoms with Gasteiger partial charge in [0, 0.05) is 30.4 Å². The number of carbonyl (C=O) groups excluding carboxylic acids is 1. The molecule has 1 aromatic heterocycles. The number of amides is 1.